The highest BCUT2D eigenvalue weighted by molar-refractivity contribution is 9.10. The summed E-state index contributed by atoms with van der Waals surface area (Å²) in [7, 11) is 0. The standard InChI is InChI=1S/C20H23BrN2O3/c1-4-11-26-18-10-9-14(21)12-16(18)20(25)23-17-8-6-5-7-15(17)19(24)22-13(2)3/h5-10,12-13H,4,11H2,1-3H3,(H,22,24)(H,23,25). The van der Waals surface area contributed by atoms with Crippen LogP contribution in [0.15, 0.2) is 46.9 Å². The first-order valence-corrected chi connectivity index (χ1v) is 9.35. The zero-order valence-electron chi connectivity index (χ0n) is 15.1. The van der Waals surface area contributed by atoms with E-state index in [1.165, 1.54) is 0 Å². The molecule has 2 amide bonds. The molecule has 0 atom stereocenters. The molecule has 0 saturated carbocycles. The zero-order valence-corrected chi connectivity index (χ0v) is 16.7. The van der Waals surface area contributed by atoms with Crippen LogP contribution in [0.1, 0.15) is 47.9 Å². The topological polar surface area (TPSA) is 67.4 Å². The molecule has 2 rings (SSSR count). The van der Waals surface area contributed by atoms with Crippen molar-refractivity contribution in [2.24, 2.45) is 0 Å². The normalized spacial score (nSPS) is 10.5. The minimum atomic E-state index is -0.331. The highest BCUT2D eigenvalue weighted by atomic mass is 79.9. The summed E-state index contributed by atoms with van der Waals surface area (Å²) in [6.45, 7) is 6.30. The number of carbonyl (C=O) groups excluding carboxylic acids is 2. The number of anilines is 1. The number of para-hydroxylation sites is 1. The lowest BCUT2D eigenvalue weighted by atomic mass is 10.1. The van der Waals surface area contributed by atoms with Gasteiger partial charge in [-0.15, -0.1) is 0 Å². The van der Waals surface area contributed by atoms with Gasteiger partial charge in [-0.2, -0.15) is 0 Å². The van der Waals surface area contributed by atoms with Gasteiger partial charge in [0.25, 0.3) is 11.8 Å². The molecule has 2 aromatic carbocycles. The molecule has 0 aliphatic carbocycles. The lowest BCUT2D eigenvalue weighted by Gasteiger charge is -2.15. The van der Waals surface area contributed by atoms with Gasteiger partial charge in [-0.1, -0.05) is 35.0 Å². The Morgan fingerprint density at radius 3 is 2.50 bits per heavy atom. The Balaban J connectivity index is 2.28. The van der Waals surface area contributed by atoms with Gasteiger partial charge in [-0.05, 0) is 50.6 Å². The maximum atomic E-state index is 12.8. The van der Waals surface area contributed by atoms with Gasteiger partial charge < -0.3 is 15.4 Å². The third kappa shape index (κ3) is 5.33. The predicted molar refractivity (Wildman–Crippen MR) is 107 cm³/mol. The van der Waals surface area contributed by atoms with Crippen molar-refractivity contribution < 1.29 is 14.3 Å². The molecule has 0 fully saturated rings. The van der Waals surface area contributed by atoms with E-state index < -0.39 is 0 Å². The lowest BCUT2D eigenvalue weighted by molar-refractivity contribution is 0.0944. The van der Waals surface area contributed by atoms with Crippen LogP contribution in [0.4, 0.5) is 5.69 Å². The first-order chi connectivity index (χ1) is 12.4. The number of amides is 2. The van der Waals surface area contributed by atoms with Gasteiger partial charge >= 0.3 is 0 Å². The van der Waals surface area contributed by atoms with Gasteiger partial charge in [0.15, 0.2) is 0 Å². The summed E-state index contributed by atoms with van der Waals surface area (Å²) in [6.07, 6.45) is 0.843. The van der Waals surface area contributed by atoms with Crippen LogP contribution in [0, 0.1) is 0 Å². The molecule has 0 bridgehead atoms. The lowest BCUT2D eigenvalue weighted by Crippen LogP contribution is -2.31. The third-order valence-electron chi connectivity index (χ3n) is 3.49. The number of carbonyl (C=O) groups is 2. The van der Waals surface area contributed by atoms with Crippen molar-refractivity contribution in [3.05, 3.63) is 58.1 Å². The van der Waals surface area contributed by atoms with Crippen molar-refractivity contribution >= 4 is 33.4 Å². The second-order valence-electron chi connectivity index (χ2n) is 6.12. The van der Waals surface area contributed by atoms with E-state index >= 15 is 0 Å². The summed E-state index contributed by atoms with van der Waals surface area (Å²) in [6, 6.07) is 12.2. The Morgan fingerprint density at radius 2 is 1.81 bits per heavy atom. The van der Waals surface area contributed by atoms with Crippen LogP contribution in [0.25, 0.3) is 0 Å². The fourth-order valence-corrected chi connectivity index (χ4v) is 2.70. The van der Waals surface area contributed by atoms with E-state index in [1.807, 2.05) is 26.8 Å². The summed E-state index contributed by atoms with van der Waals surface area (Å²) in [4.78, 5) is 25.2. The first kappa shape index (κ1) is 20.0. The second-order valence-corrected chi connectivity index (χ2v) is 7.03. The van der Waals surface area contributed by atoms with Gasteiger partial charge in [-0.25, -0.2) is 0 Å². The minimum Gasteiger partial charge on any atom is -0.493 e. The number of rotatable bonds is 7. The molecule has 0 spiro atoms. The van der Waals surface area contributed by atoms with Gasteiger partial charge in [0, 0.05) is 10.5 Å². The fraction of sp³-hybridized carbons (Fsp3) is 0.300. The number of ether oxygens (including phenoxy) is 1. The predicted octanol–water partition coefficient (Wildman–Crippen LogP) is 4.63. The minimum absolute atomic E-state index is 0.00498. The molecule has 138 valence electrons. The number of nitrogens with one attached hydrogen (secondary N) is 2. The summed E-state index contributed by atoms with van der Waals surface area (Å²) in [5.41, 5.74) is 1.28. The van der Waals surface area contributed by atoms with Crippen molar-refractivity contribution in [2.75, 3.05) is 11.9 Å². The third-order valence-corrected chi connectivity index (χ3v) is 3.98. The van der Waals surface area contributed by atoms with Gasteiger partial charge in [0.05, 0.1) is 23.4 Å². The summed E-state index contributed by atoms with van der Waals surface area (Å²) >= 11 is 3.38. The molecule has 5 nitrogen and oxygen atoms in total. The van der Waals surface area contributed by atoms with Gasteiger partial charge in [-0.3, -0.25) is 9.59 Å². The fourth-order valence-electron chi connectivity index (χ4n) is 2.34. The first-order valence-electron chi connectivity index (χ1n) is 8.56. The van der Waals surface area contributed by atoms with E-state index in [1.54, 1.807) is 36.4 Å². The molecule has 2 N–H and O–H groups in total. The van der Waals surface area contributed by atoms with Crippen LogP contribution in [-0.2, 0) is 0 Å². The Labute approximate surface area is 162 Å². The van der Waals surface area contributed by atoms with Crippen LogP contribution in [0.3, 0.4) is 0 Å². The van der Waals surface area contributed by atoms with Gasteiger partial charge in [0.2, 0.25) is 0 Å². The molecule has 0 aromatic heterocycles. The molecule has 0 aliphatic heterocycles. The molecule has 0 aliphatic rings. The smallest absolute Gasteiger partial charge is 0.259 e. The van der Waals surface area contributed by atoms with Crippen LogP contribution < -0.4 is 15.4 Å². The summed E-state index contributed by atoms with van der Waals surface area (Å²) < 4.78 is 6.44. The van der Waals surface area contributed by atoms with Crippen LogP contribution in [-0.4, -0.2) is 24.5 Å². The maximum Gasteiger partial charge on any atom is 0.259 e. The Hall–Kier alpha value is -2.34. The van der Waals surface area contributed by atoms with E-state index in [2.05, 4.69) is 26.6 Å². The largest absolute Gasteiger partial charge is 0.493 e. The van der Waals surface area contributed by atoms with Crippen LogP contribution in [0.5, 0.6) is 5.75 Å². The Kier molecular flexibility index (Phi) is 7.21. The highest BCUT2D eigenvalue weighted by Gasteiger charge is 2.17. The van der Waals surface area contributed by atoms with E-state index in [9.17, 15) is 9.59 Å². The average molecular weight is 419 g/mol. The molecular formula is C20H23BrN2O3. The van der Waals surface area contributed by atoms with E-state index in [0.717, 1.165) is 10.9 Å². The average Bonchev–Trinajstić information content (AvgIpc) is 2.60. The number of benzene rings is 2. The van der Waals surface area contributed by atoms with Crippen LogP contribution in [0.2, 0.25) is 0 Å². The van der Waals surface area contributed by atoms with Crippen molar-refractivity contribution in [1.29, 1.82) is 0 Å². The maximum absolute atomic E-state index is 12.8. The number of hydrogen-bond donors (Lipinski definition) is 2. The molecule has 0 radical (unpaired) electrons. The van der Waals surface area contributed by atoms with Crippen molar-refractivity contribution in [2.45, 2.75) is 33.2 Å². The highest BCUT2D eigenvalue weighted by Crippen LogP contribution is 2.25. The van der Waals surface area contributed by atoms with Crippen molar-refractivity contribution in [3.63, 3.8) is 0 Å². The van der Waals surface area contributed by atoms with E-state index in [4.69, 9.17) is 4.74 Å². The van der Waals surface area contributed by atoms with E-state index in [0.29, 0.717) is 29.2 Å². The van der Waals surface area contributed by atoms with E-state index in [-0.39, 0.29) is 17.9 Å². The molecule has 6 heteroatoms. The summed E-state index contributed by atoms with van der Waals surface area (Å²) in [5.74, 6) is -0.0496. The Morgan fingerprint density at radius 1 is 1.08 bits per heavy atom. The molecule has 0 heterocycles. The molecule has 0 unspecified atom stereocenters. The summed E-state index contributed by atoms with van der Waals surface area (Å²) in [5, 5.41) is 5.66. The van der Waals surface area contributed by atoms with Crippen molar-refractivity contribution in [3.8, 4) is 5.75 Å². The molecule has 2 aromatic rings. The van der Waals surface area contributed by atoms with Crippen molar-refractivity contribution in [1.82, 2.24) is 5.32 Å². The van der Waals surface area contributed by atoms with Crippen LogP contribution >= 0.6 is 15.9 Å². The molecule has 26 heavy (non-hydrogen) atoms. The quantitative estimate of drug-likeness (QED) is 0.688. The molecular weight excluding hydrogens is 396 g/mol. The molecule has 0 saturated heterocycles. The zero-order chi connectivity index (χ0) is 19.1. The monoisotopic (exact) mass is 418 g/mol. The number of hydrogen-bond acceptors (Lipinski definition) is 3. The number of halogens is 1. The van der Waals surface area contributed by atoms with Gasteiger partial charge in [0.1, 0.15) is 5.75 Å². The second kappa shape index (κ2) is 9.38. The Bertz CT molecular complexity index is 790. The SMILES string of the molecule is CCCOc1ccc(Br)cc1C(=O)Nc1ccccc1C(=O)NC(C)C.